The van der Waals surface area contributed by atoms with Crippen LogP contribution in [0.3, 0.4) is 0 Å². The molecule has 15 nitrogen and oxygen atoms in total. The number of nitrogens with zero attached hydrogens (tertiary/aromatic N) is 6. The van der Waals surface area contributed by atoms with Crippen molar-refractivity contribution in [3.05, 3.63) is 105 Å². The molecule has 0 amide bonds. The molecule has 2 aromatic carbocycles. The number of aromatic nitrogens is 4. The molecule has 27 heteroatoms. The summed E-state index contributed by atoms with van der Waals surface area (Å²) in [6.07, 6.45) is -14.7. The molecule has 0 aliphatic carbocycles. The summed E-state index contributed by atoms with van der Waals surface area (Å²) < 4.78 is 207. The maximum atomic E-state index is 14.3. The Balaban J connectivity index is 0.000000187. The zero-order valence-corrected chi connectivity index (χ0v) is 37.7. The predicted molar refractivity (Wildman–Crippen MR) is 219 cm³/mol. The lowest BCUT2D eigenvalue weighted by Crippen LogP contribution is -2.58. The van der Waals surface area contributed by atoms with Crippen molar-refractivity contribution < 1.29 is 75.0 Å². The third kappa shape index (κ3) is 9.91. The Labute approximate surface area is 383 Å². The molecule has 3 saturated heterocycles. The van der Waals surface area contributed by atoms with E-state index in [1.807, 2.05) is 0 Å². The number of rotatable bonds is 7. The van der Waals surface area contributed by atoms with Crippen molar-refractivity contribution >= 4 is 20.0 Å². The summed E-state index contributed by atoms with van der Waals surface area (Å²) in [5.41, 5.74) is 13.6. The number of hydrogen-bond acceptors (Lipinski definition) is 13. The smallest absolute Gasteiger partial charge is 0.381 e. The van der Waals surface area contributed by atoms with Crippen molar-refractivity contribution in [1.29, 1.82) is 0 Å². The minimum atomic E-state index is -4.81. The van der Waals surface area contributed by atoms with Crippen LogP contribution in [0, 0.1) is 30.2 Å². The second-order valence-corrected chi connectivity index (χ2v) is 21.4. The van der Waals surface area contributed by atoms with Gasteiger partial charge in [-0.1, -0.05) is 0 Å². The summed E-state index contributed by atoms with van der Waals surface area (Å²) in [7, 11) is -7.40. The summed E-state index contributed by atoms with van der Waals surface area (Å²) in [5.74, 6) is -3.44. The van der Waals surface area contributed by atoms with E-state index in [0.717, 1.165) is 50.8 Å². The van der Waals surface area contributed by atoms with E-state index >= 15 is 0 Å². The Morgan fingerprint density at radius 1 is 0.691 bits per heavy atom. The van der Waals surface area contributed by atoms with Gasteiger partial charge in [-0.2, -0.15) is 44.7 Å². The van der Waals surface area contributed by atoms with Gasteiger partial charge >= 0.3 is 12.4 Å². The van der Waals surface area contributed by atoms with Crippen molar-refractivity contribution in [2.24, 2.45) is 11.5 Å². The van der Waals surface area contributed by atoms with E-state index in [0.29, 0.717) is 54.3 Å². The van der Waals surface area contributed by atoms with E-state index in [1.54, 1.807) is 6.92 Å². The first-order valence-electron chi connectivity index (χ1n) is 21.2. The molecule has 0 saturated carbocycles. The lowest BCUT2D eigenvalue weighted by atomic mass is 9.89. The number of halogens is 10. The minimum Gasteiger partial charge on any atom is -0.381 e. The van der Waals surface area contributed by atoms with E-state index < -0.39 is 110 Å². The van der Waals surface area contributed by atoms with Gasteiger partial charge in [-0.3, -0.25) is 9.80 Å². The monoisotopic (exact) mass is 1020 g/mol. The van der Waals surface area contributed by atoms with E-state index in [9.17, 15) is 60.7 Å². The molecular formula is C41H46F10N8O7S2. The lowest BCUT2D eigenvalue weighted by Gasteiger charge is -2.44. The summed E-state index contributed by atoms with van der Waals surface area (Å²) in [6, 6.07) is 0.446. The number of hydrogen-bond donors (Lipinski definition) is 2. The lowest BCUT2D eigenvalue weighted by molar-refractivity contribution is -0.269. The highest BCUT2D eigenvalue weighted by atomic mass is 32.2. The van der Waals surface area contributed by atoms with Crippen LogP contribution in [-0.4, -0.2) is 118 Å². The van der Waals surface area contributed by atoms with Crippen LogP contribution >= 0.6 is 0 Å². The topological polar surface area (TPSA) is 190 Å². The normalized spacial score (nSPS) is 27.7. The fraction of sp³-hybridized carbons (Fsp3) is 0.561. The second-order valence-electron chi connectivity index (χ2n) is 17.6. The summed E-state index contributed by atoms with van der Waals surface area (Å²) in [4.78, 5) is 2.96. The molecular weight excluding hydrogens is 971 g/mol. The molecule has 2 aromatic heterocycles. The molecule has 5 aliphatic rings. The Bertz CT molecular complexity index is 2730. The van der Waals surface area contributed by atoms with Gasteiger partial charge in [0.05, 0.1) is 28.6 Å². The molecule has 5 aliphatic heterocycles. The highest BCUT2D eigenvalue weighted by molar-refractivity contribution is 7.90. The second kappa shape index (κ2) is 18.5. The average Bonchev–Trinajstić information content (AvgIpc) is 4.04. The average molecular weight is 1020 g/mol. The van der Waals surface area contributed by atoms with Crippen LogP contribution < -0.4 is 11.5 Å². The Hall–Kier alpha value is -4.22. The minimum absolute atomic E-state index is 0.0236. The van der Waals surface area contributed by atoms with E-state index in [-0.39, 0.29) is 50.1 Å². The number of ether oxygens (including phenoxy) is 3. The number of benzene rings is 2. The standard InChI is InChI=1S/C23H27F5N4O4S.C18H19F5N4O3S/c1-12-16-10-31(11-19(16)30-32(12)37(33,34)14-4-6-35-7-5-14)20-9-18(29)21(36-22(20)23(26,27)28)15-8-13(24)2-3-17(15)25;1-31(28,29)27-7-9-6-26(8-14(9)25-27)15-5-13(24)16(30-17(15)18(21,22)23)11-4-10(19)2-3-12(11)20/h2-3,8,14,18,20-22H,4-7,9-11,29H2,1H3;2-4,7,13,15-17H,5-6,8,24H2,1H3/t18-,20+,21+,22-;13-,15-,16+,17+/m00/s1. The molecule has 0 unspecified atom stereocenters. The van der Waals surface area contributed by atoms with Gasteiger partial charge < -0.3 is 25.7 Å². The number of alkyl halides is 6. The van der Waals surface area contributed by atoms with Crippen molar-refractivity contribution in [3.8, 4) is 0 Å². The Morgan fingerprint density at radius 3 is 1.63 bits per heavy atom. The molecule has 4 aromatic rings. The van der Waals surface area contributed by atoms with Crippen LogP contribution in [0.4, 0.5) is 43.9 Å². The quantitative estimate of drug-likeness (QED) is 0.236. The maximum Gasteiger partial charge on any atom is 0.416 e. The summed E-state index contributed by atoms with van der Waals surface area (Å²) >= 11 is 0. The summed E-state index contributed by atoms with van der Waals surface area (Å²) in [5, 5.41) is 7.57. The fourth-order valence-electron chi connectivity index (χ4n) is 9.60. The predicted octanol–water partition coefficient (Wildman–Crippen LogP) is 5.00. The van der Waals surface area contributed by atoms with Crippen LogP contribution in [0.25, 0.3) is 0 Å². The van der Waals surface area contributed by atoms with Gasteiger partial charge in [-0.15, -0.1) is 0 Å². The van der Waals surface area contributed by atoms with Gasteiger partial charge in [-0.25, -0.2) is 34.4 Å². The number of nitrogens with two attached hydrogens (primary N) is 2. The van der Waals surface area contributed by atoms with Gasteiger partial charge in [-0.05, 0) is 69.0 Å². The zero-order valence-electron chi connectivity index (χ0n) is 36.1. The molecule has 3 fully saturated rings. The molecule has 0 radical (unpaired) electrons. The van der Waals surface area contributed by atoms with Gasteiger partial charge in [0.1, 0.15) is 35.5 Å². The van der Waals surface area contributed by atoms with E-state index in [4.69, 9.17) is 25.7 Å². The summed E-state index contributed by atoms with van der Waals surface area (Å²) in [6.45, 7) is 2.24. The van der Waals surface area contributed by atoms with E-state index in [2.05, 4.69) is 10.2 Å². The molecule has 0 bridgehead atoms. The first-order chi connectivity index (χ1) is 31.7. The molecule has 0 spiro atoms. The van der Waals surface area contributed by atoms with Gasteiger partial charge in [0.2, 0.25) is 0 Å². The van der Waals surface area contributed by atoms with Crippen LogP contribution in [0.5, 0.6) is 0 Å². The molecule has 9 rings (SSSR count). The third-order valence-electron chi connectivity index (χ3n) is 13.0. The van der Waals surface area contributed by atoms with Crippen molar-refractivity contribution in [2.45, 2.75) is 125 Å². The van der Waals surface area contributed by atoms with Crippen molar-refractivity contribution in [1.82, 2.24) is 28.2 Å². The maximum absolute atomic E-state index is 14.3. The van der Waals surface area contributed by atoms with Crippen LogP contribution in [-0.2, 0) is 60.4 Å². The number of fused-ring (bicyclic) bond motifs is 2. The highest BCUT2D eigenvalue weighted by Gasteiger charge is 2.56. The first-order valence-corrected chi connectivity index (χ1v) is 24.6. The zero-order chi connectivity index (χ0) is 49.4. The van der Waals surface area contributed by atoms with Gasteiger partial charge in [0.25, 0.3) is 20.0 Å². The molecule has 374 valence electrons. The largest absolute Gasteiger partial charge is 0.416 e. The van der Waals surface area contributed by atoms with Gasteiger partial charge in [0, 0.05) is 92.0 Å². The molecule has 68 heavy (non-hydrogen) atoms. The van der Waals surface area contributed by atoms with Crippen LogP contribution in [0.2, 0.25) is 0 Å². The fourth-order valence-corrected chi connectivity index (χ4v) is 11.9. The van der Waals surface area contributed by atoms with Crippen molar-refractivity contribution in [2.75, 3.05) is 19.5 Å². The molecule has 7 heterocycles. The van der Waals surface area contributed by atoms with Crippen LogP contribution in [0.15, 0.2) is 42.6 Å². The Morgan fingerprint density at radius 2 is 1.18 bits per heavy atom. The third-order valence-corrected chi connectivity index (χ3v) is 16.0. The molecule has 4 N–H and O–H groups in total. The SMILES string of the molecule is CS(=O)(=O)n1cc2c(n1)CN([C@H]1C[C@H](N)[C@@H](c3cc(F)ccc3F)O[C@H]1C(F)(F)F)C2.Cc1c2c(nn1S(=O)(=O)C1CCOCC1)CN([C@@H]1C[C@H](N)[C@@H](c3cc(F)ccc3F)O[C@@H]1C(F)(F)F)C2. The van der Waals surface area contributed by atoms with E-state index in [1.165, 1.54) is 16.0 Å². The van der Waals surface area contributed by atoms with Gasteiger partial charge in [0.15, 0.2) is 12.2 Å². The first kappa shape index (κ1) is 50.2. The molecule has 8 atom stereocenters. The highest BCUT2D eigenvalue weighted by Crippen LogP contribution is 2.45. The Kier molecular flexibility index (Phi) is 13.7. The van der Waals surface area contributed by atoms with Crippen LogP contribution in [0.1, 0.15) is 77.2 Å². The van der Waals surface area contributed by atoms with Crippen molar-refractivity contribution in [3.63, 3.8) is 0 Å².